The molecule has 0 aliphatic heterocycles. The highest BCUT2D eigenvalue weighted by Crippen LogP contribution is 2.43. The molecule has 10 heteroatoms. The van der Waals surface area contributed by atoms with Crippen LogP contribution in [-0.4, -0.2) is 66.3 Å². The van der Waals surface area contributed by atoms with Crippen LogP contribution in [-0.2, 0) is 27.9 Å². The Morgan fingerprint density at radius 2 is 0.879 bits per heavy atom. The van der Waals surface area contributed by atoms with E-state index in [0.717, 1.165) is 32.1 Å². The number of aliphatic hydroxyl groups is 2. The van der Waals surface area contributed by atoms with Crippen LogP contribution in [0.15, 0.2) is 12.2 Å². The molecule has 0 saturated heterocycles. The first-order valence-electron chi connectivity index (χ1n) is 24.7. The van der Waals surface area contributed by atoms with Crippen LogP contribution in [0.5, 0.6) is 0 Å². The zero-order valence-electron chi connectivity index (χ0n) is 38.0. The molecule has 0 amide bonds. The zero-order valence-corrected chi connectivity index (χ0v) is 38.9. The Hall–Kier alpha value is -0.800. The number of allylic oxidation sites excluding steroid dienone is 2. The van der Waals surface area contributed by atoms with Gasteiger partial charge in [0.25, 0.3) is 0 Å². The van der Waals surface area contributed by atoms with Crippen LogP contribution >= 0.6 is 7.82 Å². The number of rotatable bonds is 48. The van der Waals surface area contributed by atoms with E-state index < -0.39 is 33.2 Å². The van der Waals surface area contributed by atoms with Crippen LogP contribution in [0.25, 0.3) is 0 Å². The minimum absolute atomic E-state index is 0.0545. The Labute approximate surface area is 358 Å². The molecular weight excluding hydrogens is 751 g/mol. The summed E-state index contributed by atoms with van der Waals surface area (Å²) in [5.41, 5.74) is 0. The molecule has 0 saturated carbocycles. The van der Waals surface area contributed by atoms with E-state index in [-0.39, 0.29) is 25.6 Å². The van der Waals surface area contributed by atoms with Crippen molar-refractivity contribution in [2.75, 3.05) is 33.0 Å². The van der Waals surface area contributed by atoms with E-state index in [1.807, 2.05) is 0 Å². The van der Waals surface area contributed by atoms with Gasteiger partial charge in [-0.1, -0.05) is 212 Å². The fraction of sp³-hybridized carbons (Fsp3) is 0.938. The van der Waals surface area contributed by atoms with Gasteiger partial charge in [-0.25, -0.2) is 4.57 Å². The van der Waals surface area contributed by atoms with Gasteiger partial charge >= 0.3 is 13.8 Å². The minimum Gasteiger partial charge on any atom is -0.457 e. The molecule has 346 valence electrons. The summed E-state index contributed by atoms with van der Waals surface area (Å²) in [4.78, 5) is 22.6. The third-order valence-electron chi connectivity index (χ3n) is 11.0. The van der Waals surface area contributed by atoms with Crippen molar-refractivity contribution in [1.82, 2.24) is 0 Å². The number of carbonyl (C=O) groups is 1. The van der Waals surface area contributed by atoms with E-state index >= 15 is 0 Å². The first kappa shape index (κ1) is 57.2. The van der Waals surface area contributed by atoms with Crippen molar-refractivity contribution in [3.8, 4) is 0 Å². The van der Waals surface area contributed by atoms with E-state index in [2.05, 4.69) is 26.0 Å². The number of hydrogen-bond acceptors (Lipinski definition) is 8. The van der Waals surface area contributed by atoms with Gasteiger partial charge in [-0.3, -0.25) is 13.8 Å². The Kier molecular flexibility index (Phi) is 45.1. The number of carbonyl (C=O) groups excluding carboxylic acids is 1. The first-order valence-corrected chi connectivity index (χ1v) is 26.2. The van der Waals surface area contributed by atoms with E-state index in [1.54, 1.807) is 0 Å². The van der Waals surface area contributed by atoms with Crippen molar-refractivity contribution in [3.05, 3.63) is 12.2 Å². The van der Waals surface area contributed by atoms with E-state index in [9.17, 15) is 19.4 Å². The average Bonchev–Trinajstić information content (AvgIpc) is 3.21. The van der Waals surface area contributed by atoms with Gasteiger partial charge in [-0.05, 0) is 38.5 Å². The quantitative estimate of drug-likeness (QED) is 0.0237. The molecule has 9 nitrogen and oxygen atoms in total. The summed E-state index contributed by atoms with van der Waals surface area (Å²) in [5.74, 6) is -0.377. The number of phosphoric ester groups is 1. The first-order chi connectivity index (χ1) is 28.3. The predicted molar refractivity (Wildman–Crippen MR) is 242 cm³/mol. The van der Waals surface area contributed by atoms with Gasteiger partial charge in [0.2, 0.25) is 0 Å². The molecule has 3 atom stereocenters. The lowest BCUT2D eigenvalue weighted by molar-refractivity contribution is -0.154. The zero-order chi connectivity index (χ0) is 42.5. The predicted octanol–water partition coefficient (Wildman–Crippen LogP) is 14.0. The maximum Gasteiger partial charge on any atom is 0.472 e. The second-order valence-electron chi connectivity index (χ2n) is 16.8. The lowest BCUT2D eigenvalue weighted by Gasteiger charge is -2.20. The van der Waals surface area contributed by atoms with Gasteiger partial charge in [0.05, 0.1) is 26.4 Å². The maximum absolute atomic E-state index is 12.6. The lowest BCUT2D eigenvalue weighted by Crippen LogP contribution is -2.29. The van der Waals surface area contributed by atoms with Crippen molar-refractivity contribution in [3.63, 3.8) is 0 Å². The Morgan fingerprint density at radius 3 is 1.29 bits per heavy atom. The normalized spacial score (nSPS) is 13.9. The summed E-state index contributed by atoms with van der Waals surface area (Å²) in [6.07, 6.45) is 47.5. The number of hydrogen-bond donors (Lipinski definition) is 3. The second kappa shape index (κ2) is 45.7. The molecule has 0 heterocycles. The number of ether oxygens (including phenoxy) is 2. The van der Waals surface area contributed by atoms with Crippen molar-refractivity contribution < 1.29 is 43.0 Å². The molecule has 0 radical (unpaired) electrons. The van der Waals surface area contributed by atoms with Crippen molar-refractivity contribution in [2.24, 2.45) is 0 Å². The largest absolute Gasteiger partial charge is 0.472 e. The molecule has 0 aromatic carbocycles. The molecular formula is C48H95O9P. The number of phosphoric acid groups is 1. The van der Waals surface area contributed by atoms with Crippen molar-refractivity contribution in [2.45, 2.75) is 257 Å². The van der Waals surface area contributed by atoms with Gasteiger partial charge in [0.1, 0.15) is 12.2 Å². The SMILES string of the molecule is CCCCCCCCCC/C=C\CCCCCCCCCCCCOCC(COP(=O)(O)OCC(O)CO)OC(=O)CCCCCCCCCCCCCCCCC. The highest BCUT2D eigenvalue weighted by atomic mass is 31.2. The molecule has 0 rings (SSSR count). The second-order valence-corrected chi connectivity index (χ2v) is 18.3. The third-order valence-corrected chi connectivity index (χ3v) is 11.9. The number of unbranched alkanes of at least 4 members (excludes halogenated alkanes) is 32. The van der Waals surface area contributed by atoms with Crippen LogP contribution in [0.2, 0.25) is 0 Å². The van der Waals surface area contributed by atoms with E-state index in [4.69, 9.17) is 23.6 Å². The molecule has 0 aliphatic carbocycles. The topological polar surface area (TPSA) is 132 Å². The van der Waals surface area contributed by atoms with E-state index in [1.165, 1.54) is 193 Å². The summed E-state index contributed by atoms with van der Waals surface area (Å²) in [5, 5.41) is 18.4. The Morgan fingerprint density at radius 1 is 0.517 bits per heavy atom. The summed E-state index contributed by atoms with van der Waals surface area (Å²) in [6, 6.07) is 0. The molecule has 0 fully saturated rings. The van der Waals surface area contributed by atoms with Crippen LogP contribution in [0.4, 0.5) is 0 Å². The lowest BCUT2D eigenvalue weighted by atomic mass is 10.0. The van der Waals surface area contributed by atoms with Crippen molar-refractivity contribution in [1.29, 1.82) is 0 Å². The van der Waals surface area contributed by atoms with Gasteiger partial charge < -0.3 is 24.6 Å². The summed E-state index contributed by atoms with van der Waals surface area (Å²) in [6.45, 7) is 3.57. The Balaban J connectivity index is 4.04. The molecule has 0 spiro atoms. The van der Waals surface area contributed by atoms with Gasteiger partial charge in [0, 0.05) is 13.0 Å². The fourth-order valence-electron chi connectivity index (χ4n) is 7.18. The summed E-state index contributed by atoms with van der Waals surface area (Å²) >= 11 is 0. The minimum atomic E-state index is -4.51. The van der Waals surface area contributed by atoms with Gasteiger partial charge in [0.15, 0.2) is 0 Å². The standard InChI is InChI=1S/C48H95O9P/c1-3-5-7-9-11-13-15-17-19-20-21-22-23-24-25-27-29-31-33-35-37-39-41-54-44-47(45-56-58(52,53)55-43-46(50)42-49)57-48(51)40-38-36-34-32-30-28-26-18-16-14-12-10-8-6-4-2/h20-21,46-47,49-50H,3-19,22-45H2,1-2H3,(H,52,53)/b21-20-. The molecule has 0 aromatic rings. The fourth-order valence-corrected chi connectivity index (χ4v) is 7.97. The monoisotopic (exact) mass is 847 g/mol. The molecule has 3 N–H and O–H groups in total. The van der Waals surface area contributed by atoms with Crippen LogP contribution in [0.1, 0.15) is 245 Å². The van der Waals surface area contributed by atoms with Crippen LogP contribution in [0, 0.1) is 0 Å². The number of aliphatic hydroxyl groups excluding tert-OH is 2. The smallest absolute Gasteiger partial charge is 0.457 e. The van der Waals surface area contributed by atoms with Gasteiger partial charge in [-0.2, -0.15) is 0 Å². The van der Waals surface area contributed by atoms with Crippen molar-refractivity contribution >= 4 is 13.8 Å². The molecule has 0 aliphatic rings. The highest BCUT2D eigenvalue weighted by Gasteiger charge is 2.26. The average molecular weight is 847 g/mol. The van der Waals surface area contributed by atoms with Gasteiger partial charge in [-0.15, -0.1) is 0 Å². The molecule has 58 heavy (non-hydrogen) atoms. The molecule has 0 bridgehead atoms. The third kappa shape index (κ3) is 44.7. The van der Waals surface area contributed by atoms with Crippen LogP contribution in [0.3, 0.4) is 0 Å². The summed E-state index contributed by atoms with van der Waals surface area (Å²) < 4.78 is 33.5. The number of esters is 1. The molecule has 3 unspecified atom stereocenters. The molecule has 0 aromatic heterocycles. The summed E-state index contributed by atoms with van der Waals surface area (Å²) in [7, 11) is -4.51. The van der Waals surface area contributed by atoms with E-state index in [0.29, 0.717) is 6.61 Å². The van der Waals surface area contributed by atoms with Crippen LogP contribution < -0.4 is 0 Å². The maximum atomic E-state index is 12.6. The Bertz CT molecular complexity index is 918. The highest BCUT2D eigenvalue weighted by molar-refractivity contribution is 7.47.